The van der Waals surface area contributed by atoms with Crippen LogP contribution >= 0.6 is 0 Å². The molecule has 5 rings (SSSR count). The van der Waals surface area contributed by atoms with Gasteiger partial charge < -0.3 is 15.6 Å². The molecule has 0 amide bonds. The van der Waals surface area contributed by atoms with Gasteiger partial charge in [0.1, 0.15) is 18.3 Å². The third-order valence-electron chi connectivity index (χ3n) is 6.50. The predicted molar refractivity (Wildman–Crippen MR) is 133 cm³/mol. The second kappa shape index (κ2) is 9.14. The van der Waals surface area contributed by atoms with Crippen molar-refractivity contribution >= 4 is 16.6 Å². The van der Waals surface area contributed by atoms with Gasteiger partial charge in [0.25, 0.3) is 0 Å². The molecule has 1 fully saturated rings. The van der Waals surface area contributed by atoms with Crippen molar-refractivity contribution in [2.24, 2.45) is 5.73 Å². The van der Waals surface area contributed by atoms with Crippen LogP contribution in [-0.2, 0) is 0 Å². The zero-order chi connectivity index (χ0) is 27.5. The fourth-order valence-corrected chi connectivity index (χ4v) is 4.71. The van der Waals surface area contributed by atoms with E-state index in [9.17, 15) is 22.7 Å². The number of alkyl halides is 3. The van der Waals surface area contributed by atoms with Crippen molar-refractivity contribution in [2.45, 2.75) is 50.6 Å². The minimum absolute atomic E-state index is 0.0360. The van der Waals surface area contributed by atoms with E-state index in [-0.39, 0.29) is 36.8 Å². The molecule has 12 heteroatoms. The Bertz CT molecular complexity index is 1500. The number of hydrogen-bond acceptors (Lipinski definition) is 7. The Balaban J connectivity index is 1.54. The lowest BCUT2D eigenvalue weighted by Crippen LogP contribution is -2.43. The van der Waals surface area contributed by atoms with E-state index in [2.05, 4.69) is 15.2 Å². The number of benzene rings is 1. The molecule has 1 aliphatic heterocycles. The van der Waals surface area contributed by atoms with Gasteiger partial charge in [0, 0.05) is 36.3 Å². The normalized spacial score (nSPS) is 19.9. The molecule has 38 heavy (non-hydrogen) atoms. The Morgan fingerprint density at radius 1 is 1.16 bits per heavy atom. The quantitative estimate of drug-likeness (QED) is 0.358. The van der Waals surface area contributed by atoms with Crippen LogP contribution in [0.5, 0.6) is 5.75 Å². The van der Waals surface area contributed by atoms with Gasteiger partial charge in [-0.15, -0.1) is 10.2 Å². The molecule has 0 saturated carbocycles. The van der Waals surface area contributed by atoms with E-state index < -0.39 is 29.2 Å². The number of nitrogens with zero attached hydrogens (tertiary/aromatic N) is 5. The van der Waals surface area contributed by atoms with Crippen molar-refractivity contribution < 1.29 is 27.4 Å². The van der Waals surface area contributed by atoms with Gasteiger partial charge in [0.05, 0.1) is 11.1 Å². The van der Waals surface area contributed by atoms with Gasteiger partial charge in [-0.25, -0.2) is 9.37 Å². The van der Waals surface area contributed by atoms with E-state index >= 15 is 0 Å². The van der Waals surface area contributed by atoms with Gasteiger partial charge in [-0.1, -0.05) is 12.1 Å². The summed E-state index contributed by atoms with van der Waals surface area (Å²) in [4.78, 5) is 5.90. The lowest BCUT2D eigenvalue weighted by Gasteiger charge is -2.31. The maximum Gasteiger partial charge on any atom is 0.408 e. The lowest BCUT2D eigenvalue weighted by atomic mass is 10.0. The number of ether oxygens (including phenoxy) is 1. The van der Waals surface area contributed by atoms with E-state index in [1.807, 2.05) is 0 Å². The van der Waals surface area contributed by atoms with Gasteiger partial charge >= 0.3 is 6.18 Å². The van der Waals surface area contributed by atoms with E-state index in [4.69, 9.17) is 10.5 Å². The summed E-state index contributed by atoms with van der Waals surface area (Å²) >= 11 is 0. The lowest BCUT2D eigenvalue weighted by molar-refractivity contribution is -0.184. The second-order valence-corrected chi connectivity index (χ2v) is 10.8. The average Bonchev–Trinajstić information content (AvgIpc) is 3.38. The van der Waals surface area contributed by atoms with Gasteiger partial charge in [0.2, 0.25) is 0 Å². The molecule has 1 aliphatic rings. The number of nitrogens with two attached hydrogens (primary N) is 1. The number of rotatable bonds is 6. The molecule has 4 aromatic rings. The predicted octanol–water partition coefficient (Wildman–Crippen LogP) is 4.26. The van der Waals surface area contributed by atoms with Gasteiger partial charge in [-0.2, -0.15) is 13.2 Å². The molecule has 4 heterocycles. The Morgan fingerprint density at radius 3 is 2.58 bits per heavy atom. The number of aliphatic hydroxyl groups is 1. The summed E-state index contributed by atoms with van der Waals surface area (Å²) in [5, 5.41) is 18.6. The molecule has 0 aliphatic carbocycles. The monoisotopic (exact) mass is 532 g/mol. The largest absolute Gasteiger partial charge is 0.487 e. The Hall–Kier alpha value is -3.35. The SMILES string of the molecule is CC(C)(O)COc1cc2nc(-c3nnc4ccc([C@H](N5CC[C@](C)(N)C5)C(F)(F)F)cn34)ccc2cc1F. The molecule has 2 atom stereocenters. The maximum atomic E-state index is 14.5. The van der Waals surface area contributed by atoms with E-state index in [1.54, 1.807) is 19.1 Å². The van der Waals surface area contributed by atoms with E-state index in [0.717, 1.165) is 0 Å². The zero-order valence-electron chi connectivity index (χ0n) is 21.1. The first-order valence-corrected chi connectivity index (χ1v) is 12.1. The number of halogens is 4. The average molecular weight is 533 g/mol. The van der Waals surface area contributed by atoms with Crippen molar-refractivity contribution in [3.8, 4) is 17.3 Å². The van der Waals surface area contributed by atoms with Crippen LogP contribution < -0.4 is 10.5 Å². The summed E-state index contributed by atoms with van der Waals surface area (Å²) in [6.45, 7) is 5.03. The van der Waals surface area contributed by atoms with E-state index in [0.29, 0.717) is 28.7 Å². The second-order valence-electron chi connectivity index (χ2n) is 10.8. The summed E-state index contributed by atoms with van der Waals surface area (Å²) in [5.41, 5.74) is 5.37. The molecule has 3 N–H and O–H groups in total. The fourth-order valence-electron chi connectivity index (χ4n) is 4.71. The minimum atomic E-state index is -4.52. The molecule has 0 bridgehead atoms. The highest BCUT2D eigenvalue weighted by Gasteiger charge is 2.48. The molecule has 8 nitrogen and oxygen atoms in total. The summed E-state index contributed by atoms with van der Waals surface area (Å²) < 4.78 is 64.1. The summed E-state index contributed by atoms with van der Waals surface area (Å²) in [6, 6.07) is 6.96. The van der Waals surface area contributed by atoms with Crippen LogP contribution in [0.1, 0.15) is 38.8 Å². The topological polar surface area (TPSA) is 102 Å². The zero-order valence-corrected chi connectivity index (χ0v) is 21.1. The van der Waals surface area contributed by atoms with Crippen LogP contribution in [0.2, 0.25) is 0 Å². The summed E-state index contributed by atoms with van der Waals surface area (Å²) in [6.07, 6.45) is -2.68. The molecule has 202 valence electrons. The number of aromatic nitrogens is 4. The van der Waals surface area contributed by atoms with Crippen molar-refractivity contribution in [2.75, 3.05) is 19.7 Å². The van der Waals surface area contributed by atoms with Crippen LogP contribution in [0, 0.1) is 5.82 Å². The Labute approximate surface area is 216 Å². The molecule has 0 spiro atoms. The molecular weight excluding hydrogens is 504 g/mol. The van der Waals surface area contributed by atoms with Gasteiger partial charge in [-0.05, 0) is 51.0 Å². The van der Waals surface area contributed by atoms with Crippen LogP contribution in [0.25, 0.3) is 28.1 Å². The summed E-state index contributed by atoms with van der Waals surface area (Å²) in [5.74, 6) is -0.455. The van der Waals surface area contributed by atoms with Gasteiger partial charge in [-0.3, -0.25) is 9.30 Å². The van der Waals surface area contributed by atoms with Crippen molar-refractivity contribution in [1.82, 2.24) is 24.5 Å². The number of likely N-dealkylation sites (tertiary alicyclic amines) is 1. The van der Waals surface area contributed by atoms with Crippen molar-refractivity contribution in [3.63, 3.8) is 0 Å². The maximum absolute atomic E-state index is 14.5. The first kappa shape index (κ1) is 26.3. The Kier molecular flexibility index (Phi) is 6.32. The highest BCUT2D eigenvalue weighted by Crippen LogP contribution is 2.41. The first-order valence-electron chi connectivity index (χ1n) is 12.1. The van der Waals surface area contributed by atoms with Crippen LogP contribution in [0.4, 0.5) is 17.6 Å². The van der Waals surface area contributed by atoms with Crippen LogP contribution in [0.15, 0.2) is 42.6 Å². The molecule has 1 saturated heterocycles. The number of fused-ring (bicyclic) bond motifs is 2. The van der Waals surface area contributed by atoms with Crippen molar-refractivity contribution in [1.29, 1.82) is 0 Å². The smallest absolute Gasteiger partial charge is 0.408 e. The minimum Gasteiger partial charge on any atom is -0.487 e. The third-order valence-corrected chi connectivity index (χ3v) is 6.50. The summed E-state index contributed by atoms with van der Waals surface area (Å²) in [7, 11) is 0. The Morgan fingerprint density at radius 2 is 1.92 bits per heavy atom. The molecular formula is C26H28F4N6O2. The number of pyridine rings is 2. The number of hydrogen-bond donors (Lipinski definition) is 2. The molecule has 3 aromatic heterocycles. The van der Waals surface area contributed by atoms with E-state index in [1.165, 1.54) is 53.6 Å². The highest BCUT2D eigenvalue weighted by atomic mass is 19.4. The van der Waals surface area contributed by atoms with Gasteiger partial charge in [0.15, 0.2) is 23.0 Å². The first-order chi connectivity index (χ1) is 17.7. The van der Waals surface area contributed by atoms with Crippen LogP contribution in [-0.4, -0.2) is 66.6 Å². The van der Waals surface area contributed by atoms with Crippen molar-refractivity contribution in [3.05, 3.63) is 54.0 Å². The third kappa shape index (κ3) is 5.29. The standard InChI is InChI=1S/C26H28F4N6O2/c1-24(2,37)14-38-20-11-19-15(10-17(20)27)4-6-18(32-19)23-34-33-21-7-5-16(12-36(21)23)22(26(28,29)30)35-9-8-25(3,31)13-35/h4-7,10-12,22,37H,8-9,13-14,31H2,1-3H3/t22-,25-/m0/s1. The highest BCUT2D eigenvalue weighted by molar-refractivity contribution is 5.82. The molecule has 1 aromatic carbocycles. The molecule has 0 radical (unpaired) electrons. The fraction of sp³-hybridized carbons (Fsp3) is 0.423. The van der Waals surface area contributed by atoms with Crippen LogP contribution in [0.3, 0.4) is 0 Å². The molecule has 0 unspecified atom stereocenters.